The zero-order valence-corrected chi connectivity index (χ0v) is 17.7. The Morgan fingerprint density at radius 2 is 2.07 bits per heavy atom. The lowest BCUT2D eigenvalue weighted by atomic mass is 9.76. The lowest BCUT2D eigenvalue weighted by Crippen LogP contribution is -2.46. The number of amides is 2. The van der Waals surface area contributed by atoms with E-state index in [0.717, 1.165) is 12.8 Å². The van der Waals surface area contributed by atoms with E-state index >= 15 is 0 Å². The van der Waals surface area contributed by atoms with Crippen molar-refractivity contribution in [3.63, 3.8) is 0 Å². The first kappa shape index (κ1) is 19.7. The summed E-state index contributed by atoms with van der Waals surface area (Å²) in [6.07, 6.45) is 10.6. The summed E-state index contributed by atoms with van der Waals surface area (Å²) in [5.74, 6) is 0.0878. The Hall–Kier alpha value is -2.22. The zero-order valence-electron chi connectivity index (χ0n) is 17.7. The van der Waals surface area contributed by atoms with E-state index in [0.29, 0.717) is 24.8 Å². The van der Waals surface area contributed by atoms with Crippen LogP contribution in [-0.2, 0) is 20.9 Å². The lowest BCUT2D eigenvalue weighted by Gasteiger charge is -2.30. The molecule has 30 heavy (non-hydrogen) atoms. The first-order valence-corrected chi connectivity index (χ1v) is 11.3. The van der Waals surface area contributed by atoms with Crippen molar-refractivity contribution in [2.24, 2.45) is 11.8 Å². The van der Waals surface area contributed by atoms with Gasteiger partial charge in [-0.05, 0) is 19.8 Å². The fourth-order valence-electron chi connectivity index (χ4n) is 5.82. The van der Waals surface area contributed by atoms with Gasteiger partial charge in [-0.15, -0.1) is 0 Å². The van der Waals surface area contributed by atoms with Crippen LogP contribution in [0.5, 0.6) is 0 Å². The van der Waals surface area contributed by atoms with Gasteiger partial charge in [0.25, 0.3) is 0 Å². The molecule has 8 nitrogen and oxygen atoms in total. The molecule has 0 aromatic carbocycles. The van der Waals surface area contributed by atoms with E-state index in [9.17, 15) is 9.59 Å². The average molecular weight is 415 g/mol. The van der Waals surface area contributed by atoms with Crippen LogP contribution in [0.15, 0.2) is 16.7 Å². The number of nitrogens with zero attached hydrogens (tertiary/aromatic N) is 4. The molecule has 1 aromatic rings. The quantitative estimate of drug-likeness (QED) is 0.542. The number of carbonyl (C=O) groups is 2. The number of likely N-dealkylation sites (tertiary alicyclic amines) is 1. The van der Waals surface area contributed by atoms with E-state index in [-0.39, 0.29) is 30.5 Å². The third-order valence-electron chi connectivity index (χ3n) is 7.28. The average Bonchev–Trinajstić information content (AvgIpc) is 3.43. The van der Waals surface area contributed by atoms with E-state index in [4.69, 9.17) is 9.26 Å². The molecule has 162 valence electrons. The molecule has 3 aliphatic heterocycles. The van der Waals surface area contributed by atoms with E-state index in [1.807, 2.05) is 24.0 Å². The maximum Gasteiger partial charge on any atom is 0.230 e. The number of carbonyl (C=O) groups excluding carboxylic acids is 2. The van der Waals surface area contributed by atoms with E-state index in [1.165, 1.54) is 25.7 Å². The smallest absolute Gasteiger partial charge is 0.230 e. The number of aromatic nitrogens is 2. The summed E-state index contributed by atoms with van der Waals surface area (Å²) in [4.78, 5) is 35.1. The molecule has 5 rings (SSSR count). The molecule has 3 fully saturated rings. The number of aryl methyl sites for hydroxylation is 1. The molecule has 2 bridgehead atoms. The Labute approximate surface area is 176 Å². The van der Waals surface area contributed by atoms with Crippen molar-refractivity contribution >= 4 is 11.8 Å². The van der Waals surface area contributed by atoms with E-state index in [1.54, 1.807) is 11.8 Å². The summed E-state index contributed by atoms with van der Waals surface area (Å²) in [7, 11) is 0. The third kappa shape index (κ3) is 3.07. The minimum Gasteiger partial charge on any atom is -0.360 e. The monoisotopic (exact) mass is 414 g/mol. The van der Waals surface area contributed by atoms with Gasteiger partial charge in [-0.25, -0.2) is 0 Å². The van der Waals surface area contributed by atoms with Crippen molar-refractivity contribution in [2.45, 2.75) is 76.7 Å². The summed E-state index contributed by atoms with van der Waals surface area (Å²) in [5.41, 5.74) is -0.642. The van der Waals surface area contributed by atoms with E-state index < -0.39 is 17.4 Å². The van der Waals surface area contributed by atoms with Crippen LogP contribution >= 0.6 is 0 Å². The molecule has 4 atom stereocenters. The van der Waals surface area contributed by atoms with Gasteiger partial charge in [0.05, 0.1) is 31.0 Å². The zero-order chi connectivity index (χ0) is 20.9. The normalized spacial score (nSPS) is 33.2. The Balaban J connectivity index is 1.38. The highest BCUT2D eigenvalue weighted by Gasteiger charge is 2.67. The van der Waals surface area contributed by atoms with E-state index in [2.05, 4.69) is 10.1 Å². The van der Waals surface area contributed by atoms with Crippen molar-refractivity contribution in [3.8, 4) is 0 Å². The second kappa shape index (κ2) is 7.48. The van der Waals surface area contributed by atoms with Crippen LogP contribution in [0.25, 0.3) is 0 Å². The maximum atomic E-state index is 13.6. The Bertz CT molecular complexity index is 859. The minimum atomic E-state index is -0.642. The molecule has 4 aliphatic rings. The van der Waals surface area contributed by atoms with Crippen molar-refractivity contribution in [1.82, 2.24) is 19.9 Å². The van der Waals surface area contributed by atoms with Gasteiger partial charge in [-0.3, -0.25) is 9.59 Å². The molecular weight excluding hydrogens is 384 g/mol. The van der Waals surface area contributed by atoms with Gasteiger partial charge in [-0.2, -0.15) is 4.98 Å². The fraction of sp³-hybridized carbons (Fsp3) is 0.727. The van der Waals surface area contributed by atoms with Crippen LogP contribution in [0, 0.1) is 18.8 Å². The topological polar surface area (TPSA) is 88.8 Å². The highest BCUT2D eigenvalue weighted by molar-refractivity contribution is 5.93. The first-order valence-electron chi connectivity index (χ1n) is 11.3. The molecule has 0 N–H and O–H groups in total. The molecule has 8 heteroatoms. The maximum absolute atomic E-state index is 13.6. The van der Waals surface area contributed by atoms with Crippen molar-refractivity contribution in [2.75, 3.05) is 13.1 Å². The Morgan fingerprint density at radius 3 is 2.73 bits per heavy atom. The van der Waals surface area contributed by atoms with Gasteiger partial charge >= 0.3 is 0 Å². The van der Waals surface area contributed by atoms with Gasteiger partial charge in [0.1, 0.15) is 5.60 Å². The molecule has 1 spiro atoms. The lowest BCUT2D eigenvalue weighted by molar-refractivity contribution is -0.144. The SMILES string of the molecule is CCN(Cc1noc(C)n1)C(=O)[C@H]1[C@@H]2C=C[C@@]3(CN(C4CCCCCC4)C(=O)[C@@H]13)O2. The highest BCUT2D eigenvalue weighted by atomic mass is 16.5. The van der Waals surface area contributed by atoms with Crippen LogP contribution in [0.1, 0.15) is 57.2 Å². The largest absolute Gasteiger partial charge is 0.360 e. The third-order valence-corrected chi connectivity index (χ3v) is 7.28. The van der Waals surface area contributed by atoms with Crippen LogP contribution < -0.4 is 0 Å². The van der Waals surface area contributed by atoms with Crippen LogP contribution in [-0.4, -0.2) is 62.6 Å². The van der Waals surface area contributed by atoms with Gasteiger partial charge in [-0.1, -0.05) is 43.0 Å². The number of fused-ring (bicyclic) bond motifs is 1. The molecule has 2 amide bonds. The summed E-state index contributed by atoms with van der Waals surface area (Å²) in [6.45, 7) is 5.03. The summed E-state index contributed by atoms with van der Waals surface area (Å²) in [5, 5.41) is 3.92. The predicted molar refractivity (Wildman–Crippen MR) is 107 cm³/mol. The minimum absolute atomic E-state index is 0.0581. The van der Waals surface area contributed by atoms with Crippen molar-refractivity contribution < 1.29 is 18.8 Å². The Morgan fingerprint density at radius 1 is 1.30 bits per heavy atom. The second-order valence-electron chi connectivity index (χ2n) is 9.09. The standard InChI is InChI=1S/C22H30N4O4/c1-3-25(12-17-23-14(2)30-24-17)20(27)18-16-10-11-22(29-16)13-26(21(28)19(18)22)15-8-6-4-5-7-9-15/h10-11,15-16,18-19H,3-9,12-13H2,1-2H3/t16-,18-,19+,22-/m0/s1. The molecule has 1 saturated carbocycles. The molecule has 0 radical (unpaired) electrons. The van der Waals surface area contributed by atoms with Crippen LogP contribution in [0.2, 0.25) is 0 Å². The number of ether oxygens (including phenoxy) is 1. The van der Waals surface area contributed by atoms with Gasteiger partial charge in [0, 0.05) is 19.5 Å². The number of hydrogen-bond donors (Lipinski definition) is 0. The summed E-state index contributed by atoms with van der Waals surface area (Å²) >= 11 is 0. The van der Waals surface area contributed by atoms with Crippen molar-refractivity contribution in [1.29, 1.82) is 0 Å². The molecule has 0 unspecified atom stereocenters. The van der Waals surface area contributed by atoms with Gasteiger partial charge in [0.2, 0.25) is 17.7 Å². The number of rotatable bonds is 5. The molecule has 1 aromatic heterocycles. The molecule has 4 heterocycles. The van der Waals surface area contributed by atoms with Gasteiger partial charge < -0.3 is 19.1 Å². The Kier molecular flexibility index (Phi) is 4.92. The second-order valence-corrected chi connectivity index (χ2v) is 9.09. The van der Waals surface area contributed by atoms with Crippen LogP contribution in [0.4, 0.5) is 0 Å². The molecule has 1 aliphatic carbocycles. The van der Waals surface area contributed by atoms with Crippen molar-refractivity contribution in [3.05, 3.63) is 23.9 Å². The highest BCUT2D eigenvalue weighted by Crippen LogP contribution is 2.53. The van der Waals surface area contributed by atoms with Gasteiger partial charge in [0.15, 0.2) is 5.82 Å². The summed E-state index contributed by atoms with van der Waals surface area (Å²) < 4.78 is 11.4. The molecular formula is C22H30N4O4. The first-order chi connectivity index (χ1) is 14.5. The molecule has 2 saturated heterocycles. The predicted octanol–water partition coefficient (Wildman–Crippen LogP) is 2.23. The van der Waals surface area contributed by atoms with Crippen LogP contribution in [0.3, 0.4) is 0 Å². The fourth-order valence-corrected chi connectivity index (χ4v) is 5.82. The number of hydrogen-bond acceptors (Lipinski definition) is 6. The summed E-state index contributed by atoms with van der Waals surface area (Å²) in [6, 6.07) is 0.274.